The van der Waals surface area contributed by atoms with Crippen molar-refractivity contribution >= 4 is 26.5 Å². The summed E-state index contributed by atoms with van der Waals surface area (Å²) < 4.78 is 37.0. The van der Waals surface area contributed by atoms with Crippen molar-refractivity contribution in [3.05, 3.63) is 35.5 Å². The van der Waals surface area contributed by atoms with Crippen molar-refractivity contribution in [3.63, 3.8) is 0 Å². The number of thiazole rings is 1. The minimum absolute atomic E-state index is 0.272. The van der Waals surface area contributed by atoms with Gasteiger partial charge < -0.3 is 5.32 Å². The Hall–Kier alpha value is -1.51. The van der Waals surface area contributed by atoms with Gasteiger partial charge in [-0.15, -0.1) is 11.3 Å². The van der Waals surface area contributed by atoms with Gasteiger partial charge in [-0.2, -0.15) is 0 Å². The van der Waals surface area contributed by atoms with Gasteiger partial charge in [0, 0.05) is 24.0 Å². The minimum Gasteiger partial charge on any atom is -0.361 e. The molecule has 0 unspecified atom stereocenters. The Kier molecular flexibility index (Phi) is 5.27. The molecule has 0 aliphatic heterocycles. The lowest BCUT2D eigenvalue weighted by Crippen LogP contribution is -2.24. The molecule has 5 nitrogen and oxygen atoms in total. The predicted molar refractivity (Wildman–Crippen MR) is 83.5 cm³/mol. The normalized spacial score (nSPS) is 11.5. The molecule has 0 radical (unpaired) electrons. The summed E-state index contributed by atoms with van der Waals surface area (Å²) in [5.41, 5.74) is 1.65. The molecule has 0 atom stereocenters. The topological polar surface area (TPSA) is 71.1 Å². The molecular weight excluding hydrogens is 313 g/mol. The third-order valence-corrected chi connectivity index (χ3v) is 4.17. The third kappa shape index (κ3) is 5.41. The number of nitrogens with one attached hydrogen (secondary N) is 2. The Labute approximate surface area is 127 Å². The van der Waals surface area contributed by atoms with Crippen LogP contribution in [0.15, 0.2) is 29.6 Å². The van der Waals surface area contributed by atoms with Crippen molar-refractivity contribution in [2.24, 2.45) is 0 Å². The van der Waals surface area contributed by atoms with Gasteiger partial charge in [-0.3, -0.25) is 0 Å². The van der Waals surface area contributed by atoms with Crippen LogP contribution in [-0.2, 0) is 10.0 Å². The van der Waals surface area contributed by atoms with Crippen molar-refractivity contribution in [3.8, 4) is 11.3 Å². The lowest BCUT2D eigenvalue weighted by Gasteiger charge is -2.03. The zero-order valence-corrected chi connectivity index (χ0v) is 13.1. The number of rotatable bonds is 7. The molecular formula is C13H16FN3O2S2. The van der Waals surface area contributed by atoms with E-state index in [2.05, 4.69) is 15.0 Å². The second-order valence-electron chi connectivity index (χ2n) is 4.49. The highest BCUT2D eigenvalue weighted by Crippen LogP contribution is 2.24. The molecule has 2 rings (SSSR count). The molecule has 0 spiro atoms. The average Bonchev–Trinajstić information content (AvgIpc) is 2.87. The number of hydrogen-bond donors (Lipinski definition) is 2. The van der Waals surface area contributed by atoms with E-state index in [0.717, 1.165) is 22.6 Å². The molecule has 1 heterocycles. The number of hydrogen-bond acceptors (Lipinski definition) is 5. The zero-order chi connectivity index (χ0) is 15.3. The van der Waals surface area contributed by atoms with E-state index in [0.29, 0.717) is 19.5 Å². The van der Waals surface area contributed by atoms with Gasteiger partial charge in [0.1, 0.15) is 5.82 Å². The van der Waals surface area contributed by atoms with E-state index in [1.165, 1.54) is 23.5 Å². The summed E-state index contributed by atoms with van der Waals surface area (Å²) in [4.78, 5) is 4.40. The van der Waals surface area contributed by atoms with Crippen molar-refractivity contribution in [2.75, 3.05) is 24.7 Å². The number of benzene rings is 1. The fraction of sp³-hybridized carbons (Fsp3) is 0.308. The average molecular weight is 329 g/mol. The van der Waals surface area contributed by atoms with Crippen LogP contribution in [0.5, 0.6) is 0 Å². The van der Waals surface area contributed by atoms with E-state index in [1.807, 2.05) is 5.38 Å². The van der Waals surface area contributed by atoms with Gasteiger partial charge in [-0.1, -0.05) is 0 Å². The van der Waals surface area contributed by atoms with Crippen molar-refractivity contribution < 1.29 is 12.8 Å². The zero-order valence-electron chi connectivity index (χ0n) is 11.5. The quantitative estimate of drug-likeness (QED) is 0.765. The highest BCUT2D eigenvalue weighted by molar-refractivity contribution is 7.88. The molecule has 0 saturated heterocycles. The minimum atomic E-state index is -3.13. The first-order valence-corrected chi connectivity index (χ1v) is 9.11. The summed E-state index contributed by atoms with van der Waals surface area (Å²) in [6, 6.07) is 6.17. The van der Waals surface area contributed by atoms with E-state index >= 15 is 0 Å². The first-order valence-electron chi connectivity index (χ1n) is 6.34. The molecule has 0 saturated carbocycles. The van der Waals surface area contributed by atoms with Crippen LogP contribution in [0.25, 0.3) is 11.3 Å². The van der Waals surface area contributed by atoms with Gasteiger partial charge >= 0.3 is 0 Å². The number of aromatic nitrogens is 1. The summed E-state index contributed by atoms with van der Waals surface area (Å²) in [6.07, 6.45) is 1.80. The maximum atomic E-state index is 12.9. The molecule has 0 fully saturated rings. The van der Waals surface area contributed by atoms with Crippen LogP contribution in [0.4, 0.5) is 9.52 Å². The summed E-state index contributed by atoms with van der Waals surface area (Å²) >= 11 is 1.46. The van der Waals surface area contributed by atoms with Crippen molar-refractivity contribution in [2.45, 2.75) is 6.42 Å². The maximum Gasteiger partial charge on any atom is 0.208 e. The molecule has 21 heavy (non-hydrogen) atoms. The number of anilines is 1. The van der Waals surface area contributed by atoms with Crippen LogP contribution in [-0.4, -0.2) is 32.7 Å². The van der Waals surface area contributed by atoms with E-state index in [1.54, 1.807) is 12.1 Å². The summed E-state index contributed by atoms with van der Waals surface area (Å²) in [7, 11) is -3.13. The van der Waals surface area contributed by atoms with E-state index < -0.39 is 10.0 Å². The van der Waals surface area contributed by atoms with E-state index in [9.17, 15) is 12.8 Å². The Bertz CT molecular complexity index is 684. The monoisotopic (exact) mass is 329 g/mol. The molecule has 0 amide bonds. The second-order valence-corrected chi connectivity index (χ2v) is 7.18. The van der Waals surface area contributed by atoms with Crippen LogP contribution in [0.3, 0.4) is 0 Å². The number of halogens is 1. The predicted octanol–water partition coefficient (Wildman–Crippen LogP) is 2.30. The van der Waals surface area contributed by atoms with Gasteiger partial charge in [0.05, 0.1) is 11.9 Å². The fourth-order valence-corrected chi connectivity index (χ4v) is 2.91. The van der Waals surface area contributed by atoms with Crippen LogP contribution in [0.2, 0.25) is 0 Å². The lowest BCUT2D eigenvalue weighted by atomic mass is 10.2. The Balaban J connectivity index is 1.82. The first kappa shape index (κ1) is 15.9. The Morgan fingerprint density at radius 3 is 2.62 bits per heavy atom. The molecule has 1 aromatic carbocycles. The van der Waals surface area contributed by atoms with Gasteiger partial charge in [0.15, 0.2) is 5.13 Å². The van der Waals surface area contributed by atoms with Gasteiger partial charge in [0.25, 0.3) is 0 Å². The SMILES string of the molecule is CS(=O)(=O)NCCCNc1nc(-c2ccc(F)cc2)cs1. The molecule has 0 aliphatic rings. The highest BCUT2D eigenvalue weighted by atomic mass is 32.2. The standard InChI is InChI=1S/C13H16FN3O2S2/c1-21(18,19)16-8-2-7-15-13-17-12(9-20-13)10-3-5-11(14)6-4-10/h3-6,9,16H,2,7-8H2,1H3,(H,15,17). The van der Waals surface area contributed by atoms with Gasteiger partial charge in [-0.25, -0.2) is 22.5 Å². The Morgan fingerprint density at radius 1 is 1.24 bits per heavy atom. The molecule has 0 aliphatic carbocycles. The molecule has 8 heteroatoms. The first-order chi connectivity index (χ1) is 9.94. The summed E-state index contributed by atoms with van der Waals surface area (Å²) in [6.45, 7) is 1.01. The molecule has 2 N–H and O–H groups in total. The smallest absolute Gasteiger partial charge is 0.208 e. The van der Waals surface area contributed by atoms with Crippen LogP contribution < -0.4 is 10.0 Å². The molecule has 0 bridgehead atoms. The summed E-state index contributed by atoms with van der Waals surface area (Å²) in [5.74, 6) is -0.272. The van der Waals surface area contributed by atoms with Crippen LogP contribution in [0.1, 0.15) is 6.42 Å². The number of nitrogens with zero attached hydrogens (tertiary/aromatic N) is 1. The molecule has 2 aromatic rings. The Morgan fingerprint density at radius 2 is 1.95 bits per heavy atom. The largest absolute Gasteiger partial charge is 0.361 e. The van der Waals surface area contributed by atoms with Gasteiger partial charge in [-0.05, 0) is 30.7 Å². The lowest BCUT2D eigenvalue weighted by molar-refractivity contribution is 0.586. The van der Waals surface area contributed by atoms with Crippen molar-refractivity contribution in [1.82, 2.24) is 9.71 Å². The highest BCUT2D eigenvalue weighted by Gasteiger charge is 2.04. The fourth-order valence-electron chi connectivity index (χ4n) is 1.65. The van der Waals surface area contributed by atoms with Crippen LogP contribution >= 0.6 is 11.3 Å². The molecule has 114 valence electrons. The maximum absolute atomic E-state index is 12.9. The second kappa shape index (κ2) is 6.97. The van der Waals surface area contributed by atoms with E-state index in [4.69, 9.17) is 0 Å². The van der Waals surface area contributed by atoms with Crippen molar-refractivity contribution in [1.29, 1.82) is 0 Å². The number of sulfonamides is 1. The van der Waals surface area contributed by atoms with E-state index in [-0.39, 0.29) is 5.82 Å². The van der Waals surface area contributed by atoms with Crippen LogP contribution in [0, 0.1) is 5.82 Å². The van der Waals surface area contributed by atoms with Gasteiger partial charge in [0.2, 0.25) is 10.0 Å². The molecule has 1 aromatic heterocycles. The summed E-state index contributed by atoms with van der Waals surface area (Å²) in [5, 5.41) is 5.78. The third-order valence-electron chi connectivity index (χ3n) is 2.64.